The Morgan fingerprint density at radius 3 is 2.09 bits per heavy atom. The van der Waals surface area contributed by atoms with Crippen LogP contribution in [0.25, 0.3) is 0 Å². The Hall–Kier alpha value is -8.40. The highest BCUT2D eigenvalue weighted by molar-refractivity contribution is 5.97. The number of aliphatic hydroxyl groups is 4. The van der Waals surface area contributed by atoms with E-state index in [0.717, 1.165) is 0 Å². The molecule has 0 radical (unpaired) electrons. The van der Waals surface area contributed by atoms with Gasteiger partial charge >= 0.3 is 0 Å². The number of fused-ring (bicyclic) bond motifs is 3. The number of unbranched alkanes of at least 4 members (excludes halogenated alkanes) is 1. The average molecular weight is 1160 g/mol. The molecule has 0 spiro atoms. The minimum atomic E-state index is -1.68. The normalized spacial score (nSPS) is 21.1. The number of nitrogens with zero attached hydrogens (tertiary/aromatic N) is 3. The van der Waals surface area contributed by atoms with Crippen LogP contribution in [0.4, 0.5) is 0 Å². The number of hydrogen-bond acceptors (Lipinski definition) is 21. The van der Waals surface area contributed by atoms with E-state index in [-0.39, 0.29) is 139 Å². The zero-order valence-corrected chi connectivity index (χ0v) is 44.9. The van der Waals surface area contributed by atoms with E-state index >= 15 is 0 Å². The van der Waals surface area contributed by atoms with Gasteiger partial charge < -0.3 is 90.0 Å². The smallest absolute Gasteiger partial charge is 0.245 e. The van der Waals surface area contributed by atoms with E-state index in [2.05, 4.69) is 53.2 Å². The largest absolute Gasteiger partial charge is 0.504 e. The van der Waals surface area contributed by atoms with Crippen molar-refractivity contribution in [2.24, 2.45) is 11.5 Å². The molecule has 454 valence electrons. The summed E-state index contributed by atoms with van der Waals surface area (Å²) in [4.78, 5) is 157. The lowest BCUT2D eigenvalue weighted by Gasteiger charge is -2.47. The molecule has 2 saturated heterocycles. The first-order chi connectivity index (χ1) is 39.1. The zero-order valence-electron chi connectivity index (χ0n) is 44.9. The third-order valence-corrected chi connectivity index (χ3v) is 13.3. The second-order valence-corrected chi connectivity index (χ2v) is 19.5. The average Bonchev–Trinajstić information content (AvgIpc) is 1.58. The van der Waals surface area contributed by atoms with E-state index in [0.29, 0.717) is 17.1 Å². The predicted molar refractivity (Wildman–Crippen MR) is 281 cm³/mol. The molecule has 0 aromatic heterocycles. The predicted octanol–water partition coefficient (Wildman–Crippen LogP) is -6.90. The van der Waals surface area contributed by atoms with Crippen molar-refractivity contribution in [3.8, 4) is 0 Å². The fourth-order valence-electron chi connectivity index (χ4n) is 9.01. The zero-order chi connectivity index (χ0) is 60.5. The number of allylic oxidation sites excluding steroid dienone is 1. The van der Waals surface area contributed by atoms with Crippen LogP contribution in [0.3, 0.4) is 0 Å². The number of rotatable bonds is 30. The molecule has 12 amide bonds. The van der Waals surface area contributed by atoms with Gasteiger partial charge in [0.05, 0.1) is 31.5 Å². The van der Waals surface area contributed by atoms with Crippen molar-refractivity contribution in [2.75, 3.05) is 52.5 Å². The lowest BCUT2D eigenvalue weighted by atomic mass is 9.90. The van der Waals surface area contributed by atoms with Crippen molar-refractivity contribution in [2.45, 2.75) is 132 Å². The van der Waals surface area contributed by atoms with Gasteiger partial charge in [0.1, 0.15) is 48.1 Å². The number of carbonyl (C=O) groups excluding carboxylic acids is 12. The van der Waals surface area contributed by atoms with Crippen LogP contribution < -0.4 is 64.6 Å². The molecular formula is C49H75N15O18. The summed E-state index contributed by atoms with van der Waals surface area (Å²) in [5.41, 5.74) is 11.4. The Balaban J connectivity index is 1.49. The Morgan fingerprint density at radius 1 is 0.732 bits per heavy atom. The number of aliphatic hydroxyl groups excluding tert-OH is 4. The monoisotopic (exact) mass is 1160 g/mol. The summed E-state index contributed by atoms with van der Waals surface area (Å²) in [5, 5.41) is 86.6. The lowest BCUT2D eigenvalue weighted by Crippen LogP contribution is -2.62. The standard InChI is InChI=1S/C49H75N15O18/c50-14-3-1-7-28(57-48(79)34(24-66)61-49(80)35-13-16-52-42-32(56-40(72)12-11-39(51)71)19-27-20-37(69)38(70)21-36(27)64(35)42)43(74)54-22-41(73)55-29(9-5-17-62(81)25-67)45(76)58-30-8-2-4-15-53-44(75)33(23-65)60-47(78)31(59-46(30)77)10-6-18-63(82)26-68/h19-21,25-26,28-31,33-36,52,65-66,69-70,81-82H,1-18,22-24,50H2,(H2,51,71)(H,53,75)(H,54,74)(H,55,73)(H,56,72)(H,57,79)(H,58,76)(H,59,77)(H,60,78)(H,61,80). The first-order valence-electron chi connectivity index (χ1n) is 26.6. The fraction of sp³-hybridized carbons (Fsp3) is 0.592. The van der Waals surface area contributed by atoms with Crippen molar-refractivity contribution in [3.05, 3.63) is 46.8 Å². The Morgan fingerprint density at radius 2 is 1.41 bits per heavy atom. The maximum atomic E-state index is 14.2. The number of hydroxylamine groups is 4. The number of primary amides is 1. The van der Waals surface area contributed by atoms with Crippen LogP contribution in [0.15, 0.2) is 46.8 Å². The highest BCUT2D eigenvalue weighted by Gasteiger charge is 2.43. The van der Waals surface area contributed by atoms with Gasteiger partial charge in [-0.1, -0.05) is 0 Å². The number of nitrogens with two attached hydrogens (primary N) is 2. The molecule has 3 aliphatic heterocycles. The molecule has 4 aliphatic rings. The van der Waals surface area contributed by atoms with Gasteiger partial charge in [-0.3, -0.25) is 67.9 Å². The van der Waals surface area contributed by atoms with Crippen LogP contribution in [0.5, 0.6) is 0 Å². The third-order valence-electron chi connectivity index (χ3n) is 13.3. The highest BCUT2D eigenvalue weighted by atomic mass is 16.5. The molecule has 0 saturated carbocycles. The van der Waals surface area contributed by atoms with E-state index in [9.17, 15) is 88.4 Å². The Labute approximate surface area is 470 Å². The van der Waals surface area contributed by atoms with E-state index in [1.165, 1.54) is 23.1 Å². The van der Waals surface area contributed by atoms with Crippen molar-refractivity contribution in [1.29, 1.82) is 0 Å². The summed E-state index contributed by atoms with van der Waals surface area (Å²) in [5.74, 6) is -9.35. The van der Waals surface area contributed by atoms with Crippen molar-refractivity contribution < 1.29 is 88.4 Å². The number of carbonyl (C=O) groups is 12. The summed E-state index contributed by atoms with van der Waals surface area (Å²) >= 11 is 0. The fourth-order valence-corrected chi connectivity index (χ4v) is 9.01. The molecule has 8 atom stereocenters. The number of nitrogens with one attached hydrogen (secondary N) is 10. The second-order valence-electron chi connectivity index (χ2n) is 19.5. The molecule has 8 unspecified atom stereocenters. The molecule has 0 aromatic carbocycles. The molecule has 1 aliphatic carbocycles. The first kappa shape index (κ1) is 66.1. The van der Waals surface area contributed by atoms with Crippen molar-refractivity contribution >= 4 is 71.9 Å². The molecule has 33 heteroatoms. The quantitative estimate of drug-likeness (QED) is 0.0138. The van der Waals surface area contributed by atoms with E-state index in [4.69, 9.17) is 11.5 Å². The van der Waals surface area contributed by atoms with Crippen LogP contribution in [-0.2, 0) is 57.5 Å². The van der Waals surface area contributed by atoms with E-state index in [1.807, 2.05) is 0 Å². The van der Waals surface area contributed by atoms with Crippen LogP contribution in [0.1, 0.15) is 83.5 Å². The van der Waals surface area contributed by atoms with Crippen molar-refractivity contribution in [1.82, 2.24) is 68.2 Å². The van der Waals surface area contributed by atoms with Crippen molar-refractivity contribution in [3.63, 3.8) is 0 Å². The van der Waals surface area contributed by atoms with Gasteiger partial charge in [0.15, 0.2) is 11.5 Å². The van der Waals surface area contributed by atoms with Gasteiger partial charge in [-0.2, -0.15) is 0 Å². The van der Waals surface area contributed by atoms with Gasteiger partial charge in [-0.05, 0) is 101 Å². The first-order valence-corrected chi connectivity index (χ1v) is 26.6. The summed E-state index contributed by atoms with van der Waals surface area (Å²) < 4.78 is 0. The van der Waals surface area contributed by atoms with Crippen LogP contribution in [0.2, 0.25) is 0 Å². The number of amides is 12. The number of hydrogen-bond donors (Lipinski definition) is 18. The molecule has 33 nitrogen and oxygen atoms in total. The summed E-state index contributed by atoms with van der Waals surface area (Å²) in [6.45, 7) is -2.77. The molecule has 4 rings (SSSR count). The minimum Gasteiger partial charge on any atom is -0.504 e. The maximum Gasteiger partial charge on any atom is 0.245 e. The second kappa shape index (κ2) is 33.4. The molecular weight excluding hydrogens is 1090 g/mol. The van der Waals surface area contributed by atoms with Crippen LogP contribution >= 0.6 is 0 Å². The van der Waals surface area contributed by atoms with E-state index in [1.54, 1.807) is 0 Å². The van der Waals surface area contributed by atoms with Gasteiger partial charge in [0.2, 0.25) is 71.9 Å². The van der Waals surface area contributed by atoms with Gasteiger partial charge in [0.25, 0.3) is 0 Å². The van der Waals surface area contributed by atoms with E-state index < -0.39 is 139 Å². The van der Waals surface area contributed by atoms with Crippen LogP contribution in [-0.4, -0.2) is 219 Å². The maximum absolute atomic E-state index is 14.2. The van der Waals surface area contributed by atoms with Gasteiger partial charge in [0, 0.05) is 39.0 Å². The topological polar surface area (TPSA) is 508 Å². The van der Waals surface area contributed by atoms with Crippen LogP contribution in [0, 0.1) is 0 Å². The molecule has 2 fully saturated rings. The minimum absolute atomic E-state index is 0.0411. The summed E-state index contributed by atoms with van der Waals surface area (Å²) in [6.07, 6.45) is 4.12. The molecule has 3 heterocycles. The summed E-state index contributed by atoms with van der Waals surface area (Å²) in [6, 6.07) is -10.9. The lowest BCUT2D eigenvalue weighted by molar-refractivity contribution is -0.150. The third kappa shape index (κ3) is 20.3. The Kier molecular flexibility index (Phi) is 26.9. The molecule has 0 bridgehead atoms. The molecule has 82 heavy (non-hydrogen) atoms. The molecule has 20 N–H and O–H groups in total. The SMILES string of the molecule is NCCCCC(NC(=O)C(CO)NC(=O)C1CCNC2=C(NC(=O)CCC(N)=O)C=C3C=C(O)C(O)=CC3N21)C(=O)NCC(=O)NC(CCCN(O)C=O)C(=O)NC1CCCCNC(=O)C(CO)NC(=O)C(CCCN(O)C=O)NC1=O. The van der Waals surface area contributed by atoms with Gasteiger partial charge in [-0.15, -0.1) is 0 Å². The molecule has 0 aromatic rings. The summed E-state index contributed by atoms with van der Waals surface area (Å²) in [7, 11) is 0. The highest BCUT2D eigenvalue weighted by Crippen LogP contribution is 2.35. The van der Waals surface area contributed by atoms with Gasteiger partial charge in [-0.25, -0.2) is 10.1 Å². The Bertz CT molecular complexity index is 2470.